The van der Waals surface area contributed by atoms with Crippen LogP contribution in [0.15, 0.2) is 41.2 Å². The summed E-state index contributed by atoms with van der Waals surface area (Å²) >= 11 is 0. The zero-order valence-electron chi connectivity index (χ0n) is 12.5. The van der Waals surface area contributed by atoms with Gasteiger partial charge in [0, 0.05) is 18.7 Å². The number of H-pyrrole nitrogens is 1. The van der Waals surface area contributed by atoms with Crippen LogP contribution in [0.25, 0.3) is 0 Å². The molecule has 0 unspecified atom stereocenters. The molecule has 1 amide bonds. The monoisotopic (exact) mass is 337 g/mol. The van der Waals surface area contributed by atoms with E-state index >= 15 is 0 Å². The number of nitrogens with zero attached hydrogens (tertiary/aromatic N) is 2. The molecule has 1 fully saturated rings. The lowest BCUT2D eigenvalue weighted by Gasteiger charge is -2.22. The van der Waals surface area contributed by atoms with Gasteiger partial charge in [-0.25, -0.2) is 5.10 Å². The topological polar surface area (TPSA) is 66.1 Å². The van der Waals surface area contributed by atoms with Gasteiger partial charge in [-0.1, -0.05) is 12.1 Å². The number of benzene rings is 1. The highest BCUT2D eigenvalue weighted by molar-refractivity contribution is 5.92. The van der Waals surface area contributed by atoms with Crippen LogP contribution >= 0.6 is 0 Å². The molecule has 1 heterocycles. The first-order chi connectivity index (χ1) is 11.3. The minimum Gasteiger partial charge on any atom is -0.330 e. The largest absolute Gasteiger partial charge is 0.416 e. The fourth-order valence-corrected chi connectivity index (χ4v) is 2.36. The Hall–Kier alpha value is -2.64. The molecular formula is C16H14F3N3O2. The number of aromatic nitrogens is 2. The first kappa shape index (κ1) is 16.2. The number of amides is 1. The number of rotatable bonds is 4. The van der Waals surface area contributed by atoms with E-state index in [9.17, 15) is 22.8 Å². The second kappa shape index (κ2) is 6.10. The van der Waals surface area contributed by atoms with Crippen LogP contribution < -0.4 is 5.56 Å². The van der Waals surface area contributed by atoms with E-state index in [2.05, 4.69) is 10.2 Å². The summed E-state index contributed by atoms with van der Waals surface area (Å²) in [4.78, 5) is 25.1. The Kier molecular flexibility index (Phi) is 4.13. The maximum absolute atomic E-state index is 12.6. The van der Waals surface area contributed by atoms with Crippen LogP contribution in [0.3, 0.4) is 0 Å². The molecule has 0 atom stereocenters. The van der Waals surface area contributed by atoms with Gasteiger partial charge in [-0.05, 0) is 36.6 Å². The van der Waals surface area contributed by atoms with Crippen molar-refractivity contribution in [1.82, 2.24) is 15.1 Å². The number of carbonyl (C=O) groups is 1. The summed E-state index contributed by atoms with van der Waals surface area (Å²) < 4.78 is 37.8. The molecule has 126 valence electrons. The molecule has 0 saturated heterocycles. The maximum atomic E-state index is 12.6. The molecule has 0 radical (unpaired) electrons. The summed E-state index contributed by atoms with van der Waals surface area (Å²) in [5, 5.41) is 5.92. The molecule has 0 spiro atoms. The van der Waals surface area contributed by atoms with Crippen LogP contribution in [0.5, 0.6) is 0 Å². The molecule has 0 aliphatic heterocycles. The Balaban J connectivity index is 1.78. The lowest BCUT2D eigenvalue weighted by Crippen LogP contribution is -2.33. The molecule has 5 nitrogen and oxygen atoms in total. The van der Waals surface area contributed by atoms with Crippen molar-refractivity contribution < 1.29 is 18.0 Å². The molecule has 8 heteroatoms. The Bertz CT molecular complexity index is 775. The Morgan fingerprint density at radius 3 is 2.33 bits per heavy atom. The maximum Gasteiger partial charge on any atom is 0.416 e. The minimum atomic E-state index is -4.38. The number of nitrogens with one attached hydrogen (secondary N) is 1. The normalized spacial score (nSPS) is 14.5. The van der Waals surface area contributed by atoms with Gasteiger partial charge < -0.3 is 4.90 Å². The average molecular weight is 337 g/mol. The van der Waals surface area contributed by atoms with Crippen molar-refractivity contribution in [2.75, 3.05) is 0 Å². The van der Waals surface area contributed by atoms with Crippen molar-refractivity contribution in [3.05, 3.63) is 63.6 Å². The highest BCUT2D eigenvalue weighted by Gasteiger charge is 2.34. The molecular weight excluding hydrogens is 323 g/mol. The Morgan fingerprint density at radius 2 is 1.83 bits per heavy atom. The van der Waals surface area contributed by atoms with Crippen molar-refractivity contribution in [1.29, 1.82) is 0 Å². The van der Waals surface area contributed by atoms with Crippen molar-refractivity contribution in [3.63, 3.8) is 0 Å². The van der Waals surface area contributed by atoms with Gasteiger partial charge in [0.1, 0.15) is 5.69 Å². The van der Waals surface area contributed by atoms with Crippen LogP contribution in [0.1, 0.15) is 34.5 Å². The first-order valence-corrected chi connectivity index (χ1v) is 7.37. The molecule has 3 rings (SSSR count). The van der Waals surface area contributed by atoms with Crippen molar-refractivity contribution in [2.24, 2.45) is 0 Å². The van der Waals surface area contributed by atoms with Crippen LogP contribution in [-0.2, 0) is 12.7 Å². The minimum absolute atomic E-state index is 0.0496. The lowest BCUT2D eigenvalue weighted by molar-refractivity contribution is -0.137. The fourth-order valence-electron chi connectivity index (χ4n) is 2.36. The molecule has 0 bridgehead atoms. The van der Waals surface area contributed by atoms with Gasteiger partial charge in [-0.15, -0.1) is 0 Å². The second-order valence-electron chi connectivity index (χ2n) is 5.67. The number of alkyl halides is 3. The van der Waals surface area contributed by atoms with E-state index in [0.29, 0.717) is 5.56 Å². The molecule has 1 saturated carbocycles. The van der Waals surface area contributed by atoms with E-state index in [4.69, 9.17) is 0 Å². The predicted molar refractivity (Wildman–Crippen MR) is 79.2 cm³/mol. The third-order valence-corrected chi connectivity index (χ3v) is 3.78. The van der Waals surface area contributed by atoms with Crippen molar-refractivity contribution >= 4 is 5.91 Å². The number of halogens is 3. The summed E-state index contributed by atoms with van der Waals surface area (Å²) in [6.07, 6.45) is -2.70. The van der Waals surface area contributed by atoms with Gasteiger partial charge in [0.05, 0.1) is 5.56 Å². The summed E-state index contributed by atoms with van der Waals surface area (Å²) in [7, 11) is 0. The van der Waals surface area contributed by atoms with Gasteiger partial charge in [0.2, 0.25) is 0 Å². The van der Waals surface area contributed by atoms with E-state index in [-0.39, 0.29) is 24.2 Å². The van der Waals surface area contributed by atoms with E-state index in [1.54, 1.807) is 4.90 Å². The summed E-state index contributed by atoms with van der Waals surface area (Å²) in [5.41, 5.74) is -0.425. The molecule has 2 aromatic rings. The van der Waals surface area contributed by atoms with E-state index in [1.807, 2.05) is 0 Å². The highest BCUT2D eigenvalue weighted by atomic mass is 19.4. The third kappa shape index (κ3) is 3.64. The summed E-state index contributed by atoms with van der Waals surface area (Å²) in [6, 6.07) is 7.34. The number of aromatic amines is 1. The van der Waals surface area contributed by atoms with Gasteiger partial charge in [0.15, 0.2) is 0 Å². The third-order valence-electron chi connectivity index (χ3n) is 3.78. The van der Waals surface area contributed by atoms with E-state index in [1.165, 1.54) is 24.3 Å². The van der Waals surface area contributed by atoms with Crippen LogP contribution in [-0.4, -0.2) is 27.0 Å². The van der Waals surface area contributed by atoms with Crippen LogP contribution in [0.4, 0.5) is 13.2 Å². The molecule has 1 aliphatic rings. The van der Waals surface area contributed by atoms with Crippen LogP contribution in [0.2, 0.25) is 0 Å². The Labute approximate surface area is 135 Å². The zero-order valence-corrected chi connectivity index (χ0v) is 12.5. The van der Waals surface area contributed by atoms with Crippen molar-refractivity contribution in [2.45, 2.75) is 31.6 Å². The van der Waals surface area contributed by atoms with Crippen LogP contribution in [0, 0.1) is 0 Å². The Morgan fingerprint density at radius 1 is 1.17 bits per heavy atom. The first-order valence-electron chi connectivity index (χ1n) is 7.37. The van der Waals surface area contributed by atoms with Gasteiger partial charge in [-0.2, -0.15) is 18.3 Å². The fraction of sp³-hybridized carbons (Fsp3) is 0.312. The highest BCUT2D eigenvalue weighted by Crippen LogP contribution is 2.31. The van der Waals surface area contributed by atoms with Crippen molar-refractivity contribution in [3.8, 4) is 0 Å². The summed E-state index contributed by atoms with van der Waals surface area (Å²) in [5.74, 6) is -0.353. The lowest BCUT2D eigenvalue weighted by atomic mass is 10.1. The molecule has 1 N–H and O–H groups in total. The van der Waals surface area contributed by atoms with E-state index < -0.39 is 17.3 Å². The smallest absolute Gasteiger partial charge is 0.330 e. The quantitative estimate of drug-likeness (QED) is 0.933. The zero-order chi connectivity index (χ0) is 17.3. The average Bonchev–Trinajstić information content (AvgIpc) is 3.37. The molecule has 24 heavy (non-hydrogen) atoms. The number of hydrogen-bond acceptors (Lipinski definition) is 3. The standard InChI is InChI=1S/C16H14F3N3O2/c17-16(18,19)11-3-1-10(2-4-11)9-22(12-5-6-12)15(24)13-7-8-14(23)21-20-13/h1-4,7-8,12H,5-6,9H2,(H,21,23). The number of carbonyl (C=O) groups excluding carboxylic acids is 1. The number of hydrogen-bond donors (Lipinski definition) is 1. The molecule has 1 aliphatic carbocycles. The van der Waals surface area contributed by atoms with Gasteiger partial charge in [-0.3, -0.25) is 9.59 Å². The van der Waals surface area contributed by atoms with E-state index in [0.717, 1.165) is 25.0 Å². The second-order valence-corrected chi connectivity index (χ2v) is 5.67. The summed E-state index contributed by atoms with van der Waals surface area (Å²) in [6.45, 7) is 0.197. The van der Waals surface area contributed by atoms with Gasteiger partial charge >= 0.3 is 6.18 Å². The molecule has 1 aromatic heterocycles. The SMILES string of the molecule is O=C(c1ccc(=O)[nH]n1)N(Cc1ccc(C(F)(F)F)cc1)C1CC1. The van der Waals surface area contributed by atoms with Gasteiger partial charge in [0.25, 0.3) is 11.5 Å². The predicted octanol–water partition coefficient (Wildman–Crippen LogP) is 2.59. The molecule has 1 aromatic carbocycles.